The van der Waals surface area contributed by atoms with E-state index in [1.807, 2.05) is 11.3 Å². The second kappa shape index (κ2) is 11.9. The van der Waals surface area contributed by atoms with Gasteiger partial charge in [-0.05, 0) is 105 Å². The van der Waals surface area contributed by atoms with Crippen LogP contribution in [-0.2, 0) is 0 Å². The molecule has 0 fully saturated rings. The summed E-state index contributed by atoms with van der Waals surface area (Å²) in [6, 6.07) is 70.9. The van der Waals surface area contributed by atoms with E-state index in [0.29, 0.717) is 0 Å². The Balaban J connectivity index is 1.16. The smallest absolute Gasteiger partial charge is 0.0561 e. The van der Waals surface area contributed by atoms with E-state index in [1.165, 1.54) is 74.6 Å². The number of rotatable bonds is 5. The highest BCUT2D eigenvalue weighted by Crippen LogP contribution is 2.46. The first-order chi connectivity index (χ1) is 26.3. The quantitative estimate of drug-likeness (QED) is 0.163. The molecule has 9 aromatic carbocycles. The third-order valence-corrected chi connectivity index (χ3v) is 11.9. The Kier molecular flexibility index (Phi) is 6.76. The Morgan fingerprint density at radius 2 is 1.02 bits per heavy atom. The summed E-state index contributed by atoms with van der Waals surface area (Å²) in [5.74, 6) is 0. The fraction of sp³-hybridized carbons (Fsp3) is 0. The predicted molar refractivity (Wildman–Crippen MR) is 229 cm³/mol. The van der Waals surface area contributed by atoms with Gasteiger partial charge >= 0.3 is 0 Å². The number of aromatic nitrogens is 1. The fourth-order valence-electron chi connectivity index (χ4n) is 8.43. The Morgan fingerprint density at radius 3 is 1.87 bits per heavy atom. The number of thiophene rings is 1. The molecule has 0 saturated carbocycles. The van der Waals surface area contributed by atoms with Crippen molar-refractivity contribution in [1.82, 2.24) is 4.57 Å². The molecular formula is C50H32N2S. The highest BCUT2D eigenvalue weighted by molar-refractivity contribution is 7.26. The van der Waals surface area contributed by atoms with Gasteiger partial charge in [0.25, 0.3) is 0 Å². The lowest BCUT2D eigenvalue weighted by Gasteiger charge is -2.26. The molecule has 11 rings (SSSR count). The van der Waals surface area contributed by atoms with Crippen LogP contribution in [0.1, 0.15) is 0 Å². The third-order valence-electron chi connectivity index (χ3n) is 10.7. The maximum Gasteiger partial charge on any atom is 0.0561 e. The van der Waals surface area contributed by atoms with Crippen LogP contribution in [-0.4, -0.2) is 4.57 Å². The summed E-state index contributed by atoms with van der Waals surface area (Å²) in [5.41, 5.74) is 9.45. The zero-order chi connectivity index (χ0) is 34.9. The van der Waals surface area contributed by atoms with Crippen molar-refractivity contribution in [1.29, 1.82) is 0 Å². The van der Waals surface area contributed by atoms with Gasteiger partial charge in [0.2, 0.25) is 0 Å². The summed E-state index contributed by atoms with van der Waals surface area (Å²) in [4.78, 5) is 2.41. The molecule has 3 heteroatoms. The number of nitrogens with zero attached hydrogens (tertiary/aromatic N) is 2. The minimum Gasteiger partial charge on any atom is -0.310 e. The zero-order valence-electron chi connectivity index (χ0n) is 28.8. The van der Waals surface area contributed by atoms with Gasteiger partial charge in [-0.15, -0.1) is 11.3 Å². The van der Waals surface area contributed by atoms with Crippen molar-refractivity contribution in [3.8, 4) is 16.8 Å². The maximum absolute atomic E-state index is 2.41. The summed E-state index contributed by atoms with van der Waals surface area (Å²) >= 11 is 1.87. The van der Waals surface area contributed by atoms with Crippen LogP contribution in [0.25, 0.3) is 80.3 Å². The molecule has 0 radical (unpaired) electrons. The number of para-hydroxylation sites is 3. The van der Waals surface area contributed by atoms with Crippen LogP contribution >= 0.6 is 11.3 Å². The van der Waals surface area contributed by atoms with E-state index in [2.05, 4.69) is 204 Å². The monoisotopic (exact) mass is 692 g/mol. The van der Waals surface area contributed by atoms with E-state index in [9.17, 15) is 0 Å². The van der Waals surface area contributed by atoms with Gasteiger partial charge < -0.3 is 9.47 Å². The van der Waals surface area contributed by atoms with E-state index in [1.54, 1.807) is 0 Å². The normalized spacial score (nSPS) is 11.8. The van der Waals surface area contributed by atoms with Crippen LogP contribution in [0, 0.1) is 0 Å². The molecule has 53 heavy (non-hydrogen) atoms. The van der Waals surface area contributed by atoms with Crippen LogP contribution in [0.2, 0.25) is 0 Å². The first-order valence-electron chi connectivity index (χ1n) is 18.1. The van der Waals surface area contributed by atoms with Gasteiger partial charge in [0.1, 0.15) is 0 Å². The van der Waals surface area contributed by atoms with Gasteiger partial charge in [0.15, 0.2) is 0 Å². The molecule has 0 aliphatic carbocycles. The predicted octanol–water partition coefficient (Wildman–Crippen LogP) is 14.6. The average Bonchev–Trinajstić information content (AvgIpc) is 3.77. The highest BCUT2D eigenvalue weighted by atomic mass is 32.1. The standard InChI is InChI=1S/C50H32N2S/c1-3-15-34(16-4-1)51(37-26-28-42-41-22-11-12-24-46(41)52(47(42)32-37)35-17-5-2-6-18-35)36-27-29-48-45(31-36)50-43(23-13-25-49(50)53-48)44-30-33-14-7-8-19-38(33)39-20-9-10-21-40(39)44/h1-32H. The van der Waals surface area contributed by atoms with Crippen LogP contribution in [0.15, 0.2) is 194 Å². The molecule has 0 spiro atoms. The molecule has 0 atom stereocenters. The molecule has 0 unspecified atom stereocenters. The number of anilines is 3. The first kappa shape index (κ1) is 30.0. The Hall–Kier alpha value is -6.68. The lowest BCUT2D eigenvalue weighted by atomic mass is 9.91. The van der Waals surface area contributed by atoms with Gasteiger partial charge in [-0.1, -0.05) is 121 Å². The van der Waals surface area contributed by atoms with Crippen molar-refractivity contribution in [2.75, 3.05) is 4.90 Å². The zero-order valence-corrected chi connectivity index (χ0v) is 29.6. The van der Waals surface area contributed by atoms with Crippen LogP contribution in [0.5, 0.6) is 0 Å². The molecule has 0 aliphatic rings. The van der Waals surface area contributed by atoms with Crippen molar-refractivity contribution < 1.29 is 0 Å². The molecule has 0 aliphatic heterocycles. The summed E-state index contributed by atoms with van der Waals surface area (Å²) < 4.78 is 4.98. The van der Waals surface area contributed by atoms with Crippen molar-refractivity contribution in [2.45, 2.75) is 0 Å². The second-order valence-electron chi connectivity index (χ2n) is 13.7. The average molecular weight is 693 g/mol. The minimum atomic E-state index is 1.11. The molecule has 0 amide bonds. The summed E-state index contributed by atoms with van der Waals surface area (Å²) in [6.07, 6.45) is 0. The third kappa shape index (κ3) is 4.71. The topological polar surface area (TPSA) is 8.17 Å². The molecule has 248 valence electrons. The van der Waals surface area contributed by atoms with Crippen molar-refractivity contribution >= 4 is 91.9 Å². The molecule has 2 aromatic heterocycles. The highest BCUT2D eigenvalue weighted by Gasteiger charge is 2.20. The molecular weight excluding hydrogens is 661 g/mol. The number of benzene rings is 9. The van der Waals surface area contributed by atoms with E-state index in [-0.39, 0.29) is 0 Å². The van der Waals surface area contributed by atoms with E-state index >= 15 is 0 Å². The van der Waals surface area contributed by atoms with E-state index < -0.39 is 0 Å². The van der Waals surface area contributed by atoms with Crippen LogP contribution in [0.3, 0.4) is 0 Å². The van der Waals surface area contributed by atoms with Gasteiger partial charge in [0.05, 0.1) is 11.0 Å². The lowest BCUT2D eigenvalue weighted by Crippen LogP contribution is -2.10. The number of fused-ring (bicyclic) bond motifs is 9. The Bertz CT molecular complexity index is 3170. The van der Waals surface area contributed by atoms with Gasteiger partial charge in [-0.2, -0.15) is 0 Å². The van der Waals surface area contributed by atoms with Crippen LogP contribution < -0.4 is 4.90 Å². The second-order valence-corrected chi connectivity index (χ2v) is 14.8. The Labute approximate surface area is 311 Å². The summed E-state index contributed by atoms with van der Waals surface area (Å²) in [5, 5.41) is 10.2. The molecule has 0 N–H and O–H groups in total. The minimum absolute atomic E-state index is 1.11. The molecule has 2 heterocycles. The Morgan fingerprint density at radius 1 is 0.358 bits per heavy atom. The van der Waals surface area contributed by atoms with Crippen molar-refractivity contribution in [3.05, 3.63) is 194 Å². The largest absolute Gasteiger partial charge is 0.310 e. The summed E-state index contributed by atoms with van der Waals surface area (Å²) in [7, 11) is 0. The van der Waals surface area contributed by atoms with Crippen molar-refractivity contribution in [3.63, 3.8) is 0 Å². The van der Waals surface area contributed by atoms with Gasteiger partial charge in [-0.3, -0.25) is 0 Å². The van der Waals surface area contributed by atoms with Gasteiger partial charge in [-0.25, -0.2) is 0 Å². The SMILES string of the molecule is c1ccc(N(c2ccc3sc4cccc(-c5cc6ccccc6c6ccccc56)c4c3c2)c2ccc3c4ccccc4n(-c4ccccc4)c3c2)cc1. The van der Waals surface area contributed by atoms with Crippen molar-refractivity contribution in [2.24, 2.45) is 0 Å². The molecule has 2 nitrogen and oxygen atoms in total. The lowest BCUT2D eigenvalue weighted by molar-refractivity contribution is 1.18. The first-order valence-corrected chi connectivity index (χ1v) is 18.9. The fourth-order valence-corrected chi connectivity index (χ4v) is 9.55. The number of hydrogen-bond acceptors (Lipinski definition) is 2. The molecule has 0 saturated heterocycles. The molecule has 0 bridgehead atoms. The molecule has 11 aromatic rings. The van der Waals surface area contributed by atoms with Gasteiger partial charge in [0, 0.05) is 53.7 Å². The number of hydrogen-bond donors (Lipinski definition) is 0. The van der Waals surface area contributed by atoms with E-state index in [4.69, 9.17) is 0 Å². The van der Waals surface area contributed by atoms with E-state index in [0.717, 1.165) is 22.7 Å². The summed E-state index contributed by atoms with van der Waals surface area (Å²) in [6.45, 7) is 0. The van der Waals surface area contributed by atoms with Crippen LogP contribution in [0.4, 0.5) is 17.1 Å². The maximum atomic E-state index is 2.41.